The lowest BCUT2D eigenvalue weighted by molar-refractivity contribution is 0.0942. The van der Waals surface area contributed by atoms with Crippen LogP contribution in [0.25, 0.3) is 11.0 Å². The van der Waals surface area contributed by atoms with Gasteiger partial charge in [0.05, 0.1) is 21.1 Å². The Labute approximate surface area is 147 Å². The van der Waals surface area contributed by atoms with Crippen LogP contribution in [0.2, 0.25) is 10.0 Å². The highest BCUT2D eigenvalue weighted by Crippen LogP contribution is 2.25. The van der Waals surface area contributed by atoms with Crippen molar-refractivity contribution in [1.29, 1.82) is 0 Å². The first-order valence-electron chi connectivity index (χ1n) is 7.45. The standard InChI is InChI=1S/C15H14Cl2N4O3/c16-8-6-10-11(7-9(8)17)19-13(22)12(18-10)14(23)20-15(24)21-4-2-1-3-5-21/h6-7H,1-5H2,(H,19,22)(H,20,23,24). The molecule has 2 heterocycles. The molecule has 0 aliphatic carbocycles. The number of carbonyl (C=O) groups is 2. The van der Waals surface area contributed by atoms with Gasteiger partial charge in [-0.25, -0.2) is 9.78 Å². The van der Waals surface area contributed by atoms with E-state index < -0.39 is 23.2 Å². The predicted octanol–water partition coefficient (Wildman–Crippen LogP) is 2.57. The topological polar surface area (TPSA) is 95.2 Å². The molecule has 9 heteroatoms. The number of amides is 3. The normalized spacial score (nSPS) is 14.7. The Morgan fingerprint density at radius 3 is 2.50 bits per heavy atom. The third kappa shape index (κ3) is 3.37. The number of aromatic nitrogens is 2. The molecule has 1 fully saturated rings. The van der Waals surface area contributed by atoms with Gasteiger partial charge in [-0.15, -0.1) is 0 Å². The summed E-state index contributed by atoms with van der Waals surface area (Å²) in [7, 11) is 0. The number of likely N-dealkylation sites (tertiary alicyclic amines) is 1. The van der Waals surface area contributed by atoms with Gasteiger partial charge in [0.25, 0.3) is 11.5 Å². The molecule has 0 atom stereocenters. The minimum absolute atomic E-state index is 0.250. The molecule has 126 valence electrons. The lowest BCUT2D eigenvalue weighted by Gasteiger charge is -2.26. The fourth-order valence-corrected chi connectivity index (χ4v) is 2.89. The summed E-state index contributed by atoms with van der Waals surface area (Å²) in [6, 6.07) is 2.38. The molecule has 7 nitrogen and oxygen atoms in total. The van der Waals surface area contributed by atoms with E-state index in [1.54, 1.807) is 4.90 Å². The molecule has 24 heavy (non-hydrogen) atoms. The highest BCUT2D eigenvalue weighted by Gasteiger charge is 2.22. The van der Waals surface area contributed by atoms with Gasteiger partial charge in [-0.05, 0) is 31.4 Å². The number of H-pyrrole nitrogens is 1. The van der Waals surface area contributed by atoms with Gasteiger partial charge in [0.2, 0.25) is 0 Å². The van der Waals surface area contributed by atoms with Crippen molar-refractivity contribution in [1.82, 2.24) is 20.2 Å². The van der Waals surface area contributed by atoms with Gasteiger partial charge in [0.1, 0.15) is 0 Å². The second-order valence-electron chi connectivity index (χ2n) is 5.50. The number of carbonyl (C=O) groups excluding carboxylic acids is 2. The first-order valence-corrected chi connectivity index (χ1v) is 8.20. The second-order valence-corrected chi connectivity index (χ2v) is 6.32. The fraction of sp³-hybridized carbons (Fsp3) is 0.333. The number of imide groups is 1. The Morgan fingerprint density at radius 2 is 1.79 bits per heavy atom. The minimum Gasteiger partial charge on any atom is -0.324 e. The number of fused-ring (bicyclic) bond motifs is 1. The fourth-order valence-electron chi connectivity index (χ4n) is 2.57. The quantitative estimate of drug-likeness (QED) is 0.808. The van der Waals surface area contributed by atoms with Crippen LogP contribution < -0.4 is 10.9 Å². The van der Waals surface area contributed by atoms with E-state index in [2.05, 4.69) is 15.3 Å². The summed E-state index contributed by atoms with van der Waals surface area (Å²) in [6.45, 7) is 1.18. The number of nitrogens with zero attached hydrogens (tertiary/aromatic N) is 2. The highest BCUT2D eigenvalue weighted by atomic mass is 35.5. The van der Waals surface area contributed by atoms with Crippen molar-refractivity contribution in [2.24, 2.45) is 0 Å². The number of rotatable bonds is 1. The molecule has 3 rings (SSSR count). The van der Waals surface area contributed by atoms with Crippen molar-refractivity contribution in [2.75, 3.05) is 13.1 Å². The zero-order valence-electron chi connectivity index (χ0n) is 12.6. The van der Waals surface area contributed by atoms with Gasteiger partial charge in [-0.3, -0.25) is 14.9 Å². The van der Waals surface area contributed by atoms with E-state index in [-0.39, 0.29) is 10.0 Å². The molecule has 0 spiro atoms. The summed E-state index contributed by atoms with van der Waals surface area (Å²) < 4.78 is 0. The maximum absolute atomic E-state index is 12.2. The van der Waals surface area contributed by atoms with Crippen LogP contribution in [-0.4, -0.2) is 39.9 Å². The Morgan fingerprint density at radius 1 is 1.12 bits per heavy atom. The van der Waals surface area contributed by atoms with Crippen LogP contribution >= 0.6 is 23.2 Å². The molecule has 1 aromatic heterocycles. The van der Waals surface area contributed by atoms with E-state index in [0.717, 1.165) is 19.3 Å². The van der Waals surface area contributed by atoms with Crippen LogP contribution in [0.1, 0.15) is 29.8 Å². The van der Waals surface area contributed by atoms with Gasteiger partial charge in [0.15, 0.2) is 5.69 Å². The molecule has 2 N–H and O–H groups in total. The first-order chi connectivity index (χ1) is 11.5. The van der Waals surface area contributed by atoms with Crippen LogP contribution in [0.5, 0.6) is 0 Å². The van der Waals surface area contributed by atoms with Crippen molar-refractivity contribution in [2.45, 2.75) is 19.3 Å². The third-order valence-corrected chi connectivity index (χ3v) is 4.54. The van der Waals surface area contributed by atoms with E-state index in [1.165, 1.54) is 12.1 Å². The van der Waals surface area contributed by atoms with Crippen molar-refractivity contribution in [3.63, 3.8) is 0 Å². The molecule has 2 aromatic rings. The summed E-state index contributed by atoms with van der Waals surface area (Å²) >= 11 is 11.8. The number of halogens is 2. The minimum atomic E-state index is -0.847. The molecule has 1 aliphatic rings. The van der Waals surface area contributed by atoms with Crippen molar-refractivity contribution in [3.05, 3.63) is 38.2 Å². The van der Waals surface area contributed by atoms with Crippen molar-refractivity contribution < 1.29 is 9.59 Å². The molecule has 1 saturated heterocycles. The molecule has 0 bridgehead atoms. The summed E-state index contributed by atoms with van der Waals surface area (Å²) in [4.78, 5) is 44.4. The molecule has 0 saturated carbocycles. The SMILES string of the molecule is O=C(NC(=O)N1CCCCC1)c1nc2cc(Cl)c(Cl)cc2[nH]c1=O. The summed E-state index contributed by atoms with van der Waals surface area (Å²) in [5, 5.41) is 2.72. The van der Waals surface area contributed by atoms with E-state index in [4.69, 9.17) is 23.2 Å². The average Bonchev–Trinajstić information content (AvgIpc) is 2.56. The highest BCUT2D eigenvalue weighted by molar-refractivity contribution is 6.42. The lowest BCUT2D eigenvalue weighted by atomic mass is 10.1. The van der Waals surface area contributed by atoms with Crippen LogP contribution in [0, 0.1) is 0 Å². The zero-order valence-corrected chi connectivity index (χ0v) is 14.1. The van der Waals surface area contributed by atoms with Crippen LogP contribution in [0.15, 0.2) is 16.9 Å². The maximum atomic E-state index is 12.2. The molecule has 1 aromatic carbocycles. The Hall–Kier alpha value is -2.12. The van der Waals surface area contributed by atoms with Crippen LogP contribution in [0.3, 0.4) is 0 Å². The van der Waals surface area contributed by atoms with Gasteiger partial charge in [0, 0.05) is 13.1 Å². The number of aromatic amines is 1. The molecule has 3 amide bonds. The number of piperidine rings is 1. The van der Waals surface area contributed by atoms with Gasteiger partial charge in [-0.1, -0.05) is 23.2 Å². The molecular formula is C15H14Cl2N4O3. The molecule has 0 unspecified atom stereocenters. The maximum Gasteiger partial charge on any atom is 0.324 e. The second kappa shape index (κ2) is 6.78. The Bertz CT molecular complexity index is 875. The van der Waals surface area contributed by atoms with Gasteiger partial charge >= 0.3 is 6.03 Å². The number of hydrogen-bond acceptors (Lipinski definition) is 4. The van der Waals surface area contributed by atoms with Crippen molar-refractivity contribution in [3.8, 4) is 0 Å². The number of nitrogens with one attached hydrogen (secondary N) is 2. The largest absolute Gasteiger partial charge is 0.324 e. The summed E-state index contributed by atoms with van der Waals surface area (Å²) in [5.74, 6) is -0.847. The predicted molar refractivity (Wildman–Crippen MR) is 90.7 cm³/mol. The van der Waals surface area contributed by atoms with Crippen LogP contribution in [-0.2, 0) is 0 Å². The third-order valence-electron chi connectivity index (χ3n) is 3.81. The Kier molecular flexibility index (Phi) is 4.73. The van der Waals surface area contributed by atoms with E-state index in [1.807, 2.05) is 0 Å². The van der Waals surface area contributed by atoms with E-state index in [9.17, 15) is 14.4 Å². The summed E-state index contributed by atoms with van der Waals surface area (Å²) in [5.41, 5.74) is -0.441. The van der Waals surface area contributed by atoms with Crippen LogP contribution in [0.4, 0.5) is 4.79 Å². The van der Waals surface area contributed by atoms with Gasteiger partial charge < -0.3 is 9.88 Å². The molecular weight excluding hydrogens is 355 g/mol. The lowest BCUT2D eigenvalue weighted by Crippen LogP contribution is -2.46. The monoisotopic (exact) mass is 368 g/mol. The van der Waals surface area contributed by atoms with E-state index in [0.29, 0.717) is 24.1 Å². The number of benzene rings is 1. The van der Waals surface area contributed by atoms with Gasteiger partial charge in [-0.2, -0.15) is 0 Å². The number of hydrogen-bond donors (Lipinski definition) is 2. The molecule has 0 radical (unpaired) electrons. The summed E-state index contributed by atoms with van der Waals surface area (Å²) in [6.07, 6.45) is 2.86. The zero-order chi connectivity index (χ0) is 17.3. The van der Waals surface area contributed by atoms with E-state index >= 15 is 0 Å². The smallest absolute Gasteiger partial charge is 0.324 e. The van der Waals surface area contributed by atoms with Crippen molar-refractivity contribution >= 4 is 46.2 Å². The Balaban J connectivity index is 1.86. The number of urea groups is 1. The average molecular weight is 369 g/mol. The first kappa shape index (κ1) is 16.7. The molecule has 1 aliphatic heterocycles.